The molecule has 6 N–H and O–H groups in total. The molecule has 3 aromatic carbocycles. The molecule has 5 rings (SSSR count). The number of benzene rings is 3. The van der Waals surface area contributed by atoms with Crippen molar-refractivity contribution < 1.29 is 25.2 Å². The molecule has 1 fully saturated rings. The van der Waals surface area contributed by atoms with E-state index in [9.17, 15) is 5.26 Å². The van der Waals surface area contributed by atoms with Crippen LogP contribution in [0.15, 0.2) is 77.8 Å². The van der Waals surface area contributed by atoms with Crippen LogP contribution in [0.3, 0.4) is 0 Å². The topological polar surface area (TPSA) is 155 Å². The molecule has 1 saturated heterocycles. The lowest BCUT2D eigenvalue weighted by Crippen LogP contribution is -2.37. The van der Waals surface area contributed by atoms with Crippen LogP contribution in [-0.4, -0.2) is 67.4 Å². The summed E-state index contributed by atoms with van der Waals surface area (Å²) in [6.07, 6.45) is 2.50. The summed E-state index contributed by atoms with van der Waals surface area (Å²) in [5, 5.41) is 14.0. The molecule has 0 atom stereocenters. The number of pyridine rings is 1. The summed E-state index contributed by atoms with van der Waals surface area (Å²) in [4.78, 5) is 8.05. The van der Waals surface area contributed by atoms with Crippen molar-refractivity contribution in [3.8, 4) is 17.6 Å². The van der Waals surface area contributed by atoms with E-state index >= 15 is 0 Å². The lowest BCUT2D eigenvalue weighted by molar-refractivity contribution is 0.0357. The Labute approximate surface area is 244 Å². The molecule has 0 unspecified atom stereocenters. The quantitative estimate of drug-likeness (QED) is 0.195. The van der Waals surface area contributed by atoms with Gasteiger partial charge in [0, 0.05) is 53.6 Å². The van der Waals surface area contributed by atoms with E-state index in [1.807, 2.05) is 54.6 Å². The maximum Gasteiger partial charge on any atom is 0.163 e. The first kappa shape index (κ1) is 31.5. The second-order valence-electron chi connectivity index (χ2n) is 9.05. The molecule has 0 amide bonds. The van der Waals surface area contributed by atoms with Gasteiger partial charge in [0.15, 0.2) is 11.5 Å². The van der Waals surface area contributed by atoms with E-state index in [1.54, 1.807) is 25.3 Å². The van der Waals surface area contributed by atoms with Crippen molar-refractivity contribution in [1.29, 1.82) is 5.26 Å². The molecule has 1 aliphatic rings. The zero-order valence-electron chi connectivity index (χ0n) is 22.9. The van der Waals surface area contributed by atoms with Gasteiger partial charge >= 0.3 is 0 Å². The number of aromatic nitrogens is 1. The lowest BCUT2D eigenvalue weighted by Gasteiger charge is -2.26. The van der Waals surface area contributed by atoms with Gasteiger partial charge in [-0.2, -0.15) is 5.26 Å². The number of morpholine rings is 1. The third-order valence-corrected chi connectivity index (χ3v) is 7.28. The average Bonchev–Trinajstić information content (AvgIpc) is 2.99. The van der Waals surface area contributed by atoms with Gasteiger partial charge < -0.3 is 35.2 Å². The third kappa shape index (κ3) is 8.23. The Bertz CT molecular complexity index is 1430. The van der Waals surface area contributed by atoms with Crippen molar-refractivity contribution in [2.45, 2.75) is 11.3 Å². The Morgan fingerprint density at radius 3 is 2.44 bits per heavy atom. The summed E-state index contributed by atoms with van der Waals surface area (Å²) in [7, 11) is 1.62. The second-order valence-corrected chi connectivity index (χ2v) is 9.93. The minimum Gasteiger partial charge on any atom is -0.493 e. The van der Waals surface area contributed by atoms with E-state index in [0.29, 0.717) is 29.4 Å². The van der Waals surface area contributed by atoms with Gasteiger partial charge in [0.2, 0.25) is 0 Å². The van der Waals surface area contributed by atoms with Crippen LogP contribution >= 0.6 is 11.9 Å². The highest BCUT2D eigenvalue weighted by Gasteiger charge is 2.15. The number of fused-ring (bicyclic) bond motifs is 1. The number of hydrogen-bond donors (Lipinski definition) is 2. The van der Waals surface area contributed by atoms with Crippen LogP contribution in [-0.2, 0) is 4.74 Å². The van der Waals surface area contributed by atoms with E-state index in [0.717, 1.165) is 66.4 Å². The summed E-state index contributed by atoms with van der Waals surface area (Å²) in [5.74, 6) is 1.24. The van der Waals surface area contributed by atoms with E-state index in [-0.39, 0.29) is 11.0 Å². The van der Waals surface area contributed by atoms with Crippen LogP contribution in [0.1, 0.15) is 12.0 Å². The van der Waals surface area contributed by atoms with Gasteiger partial charge in [-0.1, -0.05) is 18.2 Å². The highest BCUT2D eigenvalue weighted by molar-refractivity contribution is 8.00. The van der Waals surface area contributed by atoms with E-state index in [1.165, 1.54) is 0 Å². The predicted molar refractivity (Wildman–Crippen MR) is 163 cm³/mol. The zero-order valence-corrected chi connectivity index (χ0v) is 23.7. The summed E-state index contributed by atoms with van der Waals surface area (Å²) < 4.78 is 20.5. The molecule has 0 aliphatic carbocycles. The fourth-order valence-corrected chi connectivity index (χ4v) is 5.02. The minimum atomic E-state index is 0. The summed E-state index contributed by atoms with van der Waals surface area (Å²) in [6.45, 7) is 5.05. The first-order chi connectivity index (χ1) is 19.2. The Morgan fingerprint density at radius 2 is 1.73 bits per heavy atom. The average molecular weight is 578 g/mol. The monoisotopic (exact) mass is 577 g/mol. The number of nitriles is 1. The lowest BCUT2D eigenvalue weighted by atomic mass is 10.1. The van der Waals surface area contributed by atoms with Gasteiger partial charge in [-0.15, -0.1) is 0 Å². The molecule has 10 nitrogen and oxygen atoms in total. The molecular weight excluding hydrogens is 542 g/mol. The van der Waals surface area contributed by atoms with Gasteiger partial charge in [-0.3, -0.25) is 9.88 Å². The van der Waals surface area contributed by atoms with Crippen molar-refractivity contribution in [3.63, 3.8) is 0 Å². The number of nitrogens with one attached hydrogen (secondary N) is 2. The standard InChI is InChI=1S/C30H31N5O3S.2H2O/c1-36-28-18-26-27(19-29(28)38-15-5-12-35-13-16-37-17-14-35)32-21-22(20-31)30(26)33-23-8-10-24(11-9-23)34-39-25-6-3-2-4-7-25;;/h2-4,6-11,18-19,21,34H,5,12-17H2,1H3,(H,32,33);2*1H2. The molecule has 11 heteroatoms. The molecular formula is C30H35N5O5S. The Hall–Kier alpha value is -4.05. The zero-order chi connectivity index (χ0) is 26.9. The number of hydrogen-bond acceptors (Lipinski definition) is 9. The summed E-state index contributed by atoms with van der Waals surface area (Å²) in [6, 6.07) is 24.1. The second kappa shape index (κ2) is 15.7. The molecule has 0 spiro atoms. The summed E-state index contributed by atoms with van der Waals surface area (Å²) >= 11 is 1.56. The fourth-order valence-electron chi connectivity index (χ4n) is 4.36. The number of ether oxygens (including phenoxy) is 3. The Morgan fingerprint density at radius 1 is 1.00 bits per heavy atom. The van der Waals surface area contributed by atoms with Crippen molar-refractivity contribution in [3.05, 3.63) is 78.5 Å². The third-order valence-electron chi connectivity index (χ3n) is 6.44. The Kier molecular flexibility index (Phi) is 12.0. The predicted octanol–water partition coefficient (Wildman–Crippen LogP) is 4.43. The SMILES string of the molecule is COc1cc2c(Nc3ccc(NSc4ccccc4)cc3)c(C#N)cnc2cc1OCCCN1CCOCC1.O.O. The summed E-state index contributed by atoms with van der Waals surface area (Å²) in [5.41, 5.74) is 3.69. The highest BCUT2D eigenvalue weighted by atomic mass is 32.2. The molecule has 4 aromatic rings. The van der Waals surface area contributed by atoms with Crippen LogP contribution in [0.25, 0.3) is 10.9 Å². The smallest absolute Gasteiger partial charge is 0.163 e. The normalized spacial score (nSPS) is 12.9. The van der Waals surface area contributed by atoms with Crippen LogP contribution in [0, 0.1) is 11.3 Å². The van der Waals surface area contributed by atoms with Crippen molar-refractivity contribution >= 4 is 39.9 Å². The molecule has 2 heterocycles. The maximum absolute atomic E-state index is 9.80. The molecule has 1 aromatic heterocycles. The van der Waals surface area contributed by atoms with Gasteiger partial charge in [-0.05, 0) is 60.8 Å². The molecule has 216 valence electrons. The molecule has 0 saturated carbocycles. The number of nitrogens with zero attached hydrogens (tertiary/aromatic N) is 3. The fraction of sp³-hybridized carbons (Fsp3) is 0.267. The first-order valence-electron chi connectivity index (χ1n) is 12.9. The van der Waals surface area contributed by atoms with Crippen LogP contribution in [0.2, 0.25) is 0 Å². The van der Waals surface area contributed by atoms with Gasteiger partial charge in [-0.25, -0.2) is 0 Å². The van der Waals surface area contributed by atoms with Gasteiger partial charge in [0.05, 0.1) is 43.7 Å². The number of rotatable bonds is 11. The first-order valence-corrected chi connectivity index (χ1v) is 13.7. The van der Waals surface area contributed by atoms with E-state index < -0.39 is 0 Å². The van der Waals surface area contributed by atoms with Crippen LogP contribution in [0.5, 0.6) is 11.5 Å². The van der Waals surface area contributed by atoms with Crippen LogP contribution < -0.4 is 19.5 Å². The molecule has 0 bridgehead atoms. The highest BCUT2D eigenvalue weighted by Crippen LogP contribution is 2.37. The number of anilines is 3. The van der Waals surface area contributed by atoms with Crippen molar-refractivity contribution in [1.82, 2.24) is 9.88 Å². The molecule has 0 radical (unpaired) electrons. The maximum atomic E-state index is 9.80. The van der Waals surface area contributed by atoms with E-state index in [4.69, 9.17) is 14.2 Å². The van der Waals surface area contributed by atoms with Gasteiger partial charge in [0.1, 0.15) is 6.07 Å². The van der Waals surface area contributed by atoms with Crippen molar-refractivity contribution in [2.24, 2.45) is 0 Å². The van der Waals surface area contributed by atoms with Crippen molar-refractivity contribution in [2.75, 3.05) is 56.6 Å². The minimum absolute atomic E-state index is 0. The molecule has 1 aliphatic heterocycles. The Balaban J connectivity index is 0.00000231. The van der Waals surface area contributed by atoms with Gasteiger partial charge in [0.25, 0.3) is 0 Å². The number of methoxy groups -OCH3 is 1. The van der Waals surface area contributed by atoms with Crippen LogP contribution in [0.4, 0.5) is 17.1 Å². The molecule has 41 heavy (non-hydrogen) atoms. The largest absolute Gasteiger partial charge is 0.493 e. The van der Waals surface area contributed by atoms with E-state index in [2.05, 4.69) is 38.1 Å².